The molecule has 8 nitrogen and oxygen atoms in total. The molecule has 1 aliphatic heterocycles. The molecule has 0 radical (unpaired) electrons. The summed E-state index contributed by atoms with van der Waals surface area (Å²) in [6, 6.07) is 4.35. The van der Waals surface area contributed by atoms with Gasteiger partial charge in [-0.25, -0.2) is 8.42 Å². The molecule has 156 valence electrons. The molecule has 1 saturated heterocycles. The Balaban J connectivity index is 2.13. The molecule has 3 atom stereocenters. The summed E-state index contributed by atoms with van der Waals surface area (Å²) in [5.74, 6) is -1.88. The number of aliphatic carboxylic acids is 1. The highest BCUT2D eigenvalue weighted by Gasteiger charge is 2.32. The SMILES string of the molecule is CC(C)C[C@H](NC(=O)c1ccc(S(=O)(=O)N2C[C@@H](C)O[C@@H](C)C2)cc1)C(=O)[O-]. The van der Waals surface area contributed by atoms with Crippen LogP contribution in [0.5, 0.6) is 0 Å². The van der Waals surface area contributed by atoms with Crippen molar-refractivity contribution in [2.45, 2.75) is 57.3 Å². The highest BCUT2D eigenvalue weighted by molar-refractivity contribution is 7.89. The van der Waals surface area contributed by atoms with E-state index in [9.17, 15) is 23.1 Å². The summed E-state index contributed by atoms with van der Waals surface area (Å²) in [6.07, 6.45) is -0.161. The second-order valence-corrected chi connectivity index (χ2v) is 9.52. The largest absolute Gasteiger partial charge is 0.548 e. The van der Waals surface area contributed by atoms with E-state index < -0.39 is 27.9 Å². The second kappa shape index (κ2) is 9.02. The molecule has 1 aliphatic rings. The number of morpholine rings is 1. The fourth-order valence-electron chi connectivity index (χ4n) is 3.18. The molecule has 0 spiro atoms. The lowest BCUT2D eigenvalue weighted by atomic mass is 10.0. The van der Waals surface area contributed by atoms with Crippen LogP contribution in [-0.4, -0.2) is 55.9 Å². The molecular formula is C19H27N2O6S-. The third-order valence-corrected chi connectivity index (χ3v) is 6.28. The smallest absolute Gasteiger partial charge is 0.251 e. The number of carboxylic acids is 1. The zero-order valence-electron chi connectivity index (χ0n) is 16.5. The number of amides is 1. The van der Waals surface area contributed by atoms with Gasteiger partial charge in [-0.05, 0) is 50.5 Å². The van der Waals surface area contributed by atoms with E-state index in [1.54, 1.807) is 0 Å². The Kier molecular flexibility index (Phi) is 7.19. The van der Waals surface area contributed by atoms with Gasteiger partial charge in [0, 0.05) is 18.7 Å². The van der Waals surface area contributed by atoms with E-state index in [1.807, 2.05) is 27.7 Å². The Morgan fingerprint density at radius 2 is 1.71 bits per heavy atom. The lowest BCUT2D eigenvalue weighted by Gasteiger charge is -2.34. The summed E-state index contributed by atoms with van der Waals surface area (Å²) >= 11 is 0. The maximum absolute atomic E-state index is 12.8. The summed E-state index contributed by atoms with van der Waals surface area (Å²) in [4.78, 5) is 23.6. The number of carbonyl (C=O) groups excluding carboxylic acids is 2. The standard InChI is InChI=1S/C19H28N2O6S/c1-12(2)9-17(19(23)24)20-18(22)15-5-7-16(8-6-15)28(25,26)21-10-13(3)27-14(4)11-21/h5-8,12-14,17H,9-11H2,1-4H3,(H,20,22)(H,23,24)/p-1/t13-,14+,17-/m0/s1. The van der Waals surface area contributed by atoms with Gasteiger partial charge in [0.2, 0.25) is 10.0 Å². The molecule has 28 heavy (non-hydrogen) atoms. The number of hydrogen-bond donors (Lipinski definition) is 1. The molecule has 0 aromatic heterocycles. The summed E-state index contributed by atoms with van der Waals surface area (Å²) in [6.45, 7) is 7.84. The van der Waals surface area contributed by atoms with Gasteiger partial charge in [0.15, 0.2) is 0 Å². The van der Waals surface area contributed by atoms with Crippen LogP contribution < -0.4 is 10.4 Å². The van der Waals surface area contributed by atoms with Crippen LogP contribution in [0.15, 0.2) is 29.2 Å². The summed E-state index contributed by atoms with van der Waals surface area (Å²) in [5.41, 5.74) is 0.178. The molecule has 1 aromatic rings. The van der Waals surface area contributed by atoms with Crippen LogP contribution in [0.1, 0.15) is 44.5 Å². The van der Waals surface area contributed by atoms with Crippen molar-refractivity contribution in [1.82, 2.24) is 9.62 Å². The van der Waals surface area contributed by atoms with E-state index >= 15 is 0 Å². The van der Waals surface area contributed by atoms with Crippen molar-refractivity contribution in [3.05, 3.63) is 29.8 Å². The van der Waals surface area contributed by atoms with Gasteiger partial charge in [0.05, 0.1) is 29.1 Å². The Morgan fingerprint density at radius 3 is 2.18 bits per heavy atom. The summed E-state index contributed by atoms with van der Waals surface area (Å²) in [7, 11) is -3.71. The maximum Gasteiger partial charge on any atom is 0.251 e. The first-order chi connectivity index (χ1) is 13.0. The van der Waals surface area contributed by atoms with Gasteiger partial charge < -0.3 is 20.0 Å². The molecular weight excluding hydrogens is 384 g/mol. The van der Waals surface area contributed by atoms with Crippen molar-refractivity contribution in [2.24, 2.45) is 5.92 Å². The zero-order chi connectivity index (χ0) is 21.1. The van der Waals surface area contributed by atoms with E-state index in [4.69, 9.17) is 4.74 Å². The van der Waals surface area contributed by atoms with Crippen LogP contribution in [0.25, 0.3) is 0 Å². The van der Waals surface area contributed by atoms with E-state index in [0.717, 1.165) is 0 Å². The Morgan fingerprint density at radius 1 is 1.18 bits per heavy atom. The molecule has 1 fully saturated rings. The van der Waals surface area contributed by atoms with Crippen molar-refractivity contribution < 1.29 is 27.9 Å². The fourth-order valence-corrected chi connectivity index (χ4v) is 4.77. The average molecular weight is 412 g/mol. The average Bonchev–Trinajstić information content (AvgIpc) is 2.60. The molecule has 0 saturated carbocycles. The number of ether oxygens (including phenoxy) is 1. The minimum atomic E-state index is -3.71. The van der Waals surface area contributed by atoms with Crippen molar-refractivity contribution in [2.75, 3.05) is 13.1 Å². The summed E-state index contributed by atoms with van der Waals surface area (Å²) < 4.78 is 32.6. The number of nitrogens with one attached hydrogen (secondary N) is 1. The first-order valence-electron chi connectivity index (χ1n) is 9.28. The fraction of sp³-hybridized carbons (Fsp3) is 0.579. The van der Waals surface area contributed by atoms with Gasteiger partial charge in [-0.3, -0.25) is 4.79 Å². The number of benzene rings is 1. The van der Waals surface area contributed by atoms with Gasteiger partial charge >= 0.3 is 0 Å². The van der Waals surface area contributed by atoms with Crippen LogP contribution in [0.2, 0.25) is 0 Å². The monoisotopic (exact) mass is 411 g/mol. The van der Waals surface area contributed by atoms with Crippen LogP contribution in [-0.2, 0) is 19.6 Å². The Hall–Kier alpha value is -1.97. The van der Waals surface area contributed by atoms with Crippen molar-refractivity contribution in [3.8, 4) is 0 Å². The summed E-state index contributed by atoms with van der Waals surface area (Å²) in [5, 5.41) is 13.6. The van der Waals surface area contributed by atoms with Crippen LogP contribution in [0, 0.1) is 5.92 Å². The molecule has 1 heterocycles. The molecule has 2 rings (SSSR count). The Bertz CT molecular complexity index is 796. The van der Waals surface area contributed by atoms with Crippen LogP contribution in [0.3, 0.4) is 0 Å². The maximum atomic E-state index is 12.8. The normalized spacial score (nSPS) is 22.0. The van der Waals surface area contributed by atoms with Crippen molar-refractivity contribution in [1.29, 1.82) is 0 Å². The van der Waals surface area contributed by atoms with E-state index in [2.05, 4.69) is 5.32 Å². The quantitative estimate of drug-likeness (QED) is 0.693. The molecule has 1 amide bonds. The second-order valence-electron chi connectivity index (χ2n) is 7.58. The topological polar surface area (TPSA) is 116 Å². The van der Waals surface area contributed by atoms with Gasteiger partial charge in [0.1, 0.15) is 0 Å². The lowest BCUT2D eigenvalue weighted by Crippen LogP contribution is -2.48. The molecule has 0 bridgehead atoms. The molecule has 9 heteroatoms. The predicted octanol–water partition coefficient (Wildman–Crippen LogP) is 0.379. The first kappa shape index (κ1) is 22.3. The van der Waals surface area contributed by atoms with E-state index in [1.165, 1.54) is 28.6 Å². The molecule has 1 N–H and O–H groups in total. The van der Waals surface area contributed by atoms with Gasteiger partial charge in [-0.1, -0.05) is 13.8 Å². The van der Waals surface area contributed by atoms with Gasteiger partial charge in [0.25, 0.3) is 5.91 Å². The highest BCUT2D eigenvalue weighted by atomic mass is 32.2. The minimum absolute atomic E-state index is 0.0639. The Labute approximate surface area is 165 Å². The zero-order valence-corrected chi connectivity index (χ0v) is 17.4. The minimum Gasteiger partial charge on any atom is -0.548 e. The lowest BCUT2D eigenvalue weighted by molar-refractivity contribution is -0.308. The predicted molar refractivity (Wildman–Crippen MR) is 101 cm³/mol. The van der Waals surface area contributed by atoms with E-state index in [0.29, 0.717) is 0 Å². The molecule has 1 aromatic carbocycles. The number of carbonyl (C=O) groups is 2. The van der Waals surface area contributed by atoms with Gasteiger partial charge in [-0.2, -0.15) is 4.31 Å². The molecule has 0 unspecified atom stereocenters. The van der Waals surface area contributed by atoms with Crippen molar-refractivity contribution >= 4 is 21.9 Å². The number of rotatable bonds is 7. The van der Waals surface area contributed by atoms with Crippen LogP contribution >= 0.6 is 0 Å². The number of nitrogens with zero attached hydrogens (tertiary/aromatic N) is 1. The van der Waals surface area contributed by atoms with Crippen molar-refractivity contribution in [3.63, 3.8) is 0 Å². The number of hydrogen-bond acceptors (Lipinski definition) is 6. The molecule has 0 aliphatic carbocycles. The van der Waals surface area contributed by atoms with Crippen LogP contribution in [0.4, 0.5) is 0 Å². The highest BCUT2D eigenvalue weighted by Crippen LogP contribution is 2.21. The third kappa shape index (κ3) is 5.52. The number of sulfonamides is 1. The third-order valence-electron chi connectivity index (χ3n) is 4.44. The van der Waals surface area contributed by atoms with E-state index in [-0.39, 0.29) is 48.1 Å². The first-order valence-corrected chi connectivity index (χ1v) is 10.7. The van der Waals surface area contributed by atoms with Gasteiger partial charge in [-0.15, -0.1) is 0 Å². The number of carboxylic acid groups (broad SMARTS) is 1.